The number of hydrogen-bond donors (Lipinski definition) is 2. The van der Waals surface area contributed by atoms with Crippen molar-refractivity contribution in [1.82, 2.24) is 10.2 Å². The zero-order chi connectivity index (χ0) is 19.2. The summed E-state index contributed by atoms with van der Waals surface area (Å²) in [5.41, 5.74) is 2.63. The molecule has 3 rings (SSSR count). The van der Waals surface area contributed by atoms with Crippen LogP contribution in [0, 0.1) is 0 Å². The number of nitrogens with one attached hydrogen (secondary N) is 2. The van der Waals surface area contributed by atoms with Crippen molar-refractivity contribution in [1.29, 1.82) is 0 Å². The molecular formula is C21H22N4O2. The first-order chi connectivity index (χ1) is 13.1. The lowest BCUT2D eigenvalue weighted by Gasteiger charge is -2.14. The maximum atomic E-state index is 12.4. The van der Waals surface area contributed by atoms with E-state index in [0.29, 0.717) is 28.9 Å². The third-order valence-corrected chi connectivity index (χ3v) is 4.10. The molecule has 0 spiro atoms. The van der Waals surface area contributed by atoms with Crippen LogP contribution in [0.5, 0.6) is 5.75 Å². The van der Waals surface area contributed by atoms with E-state index in [4.69, 9.17) is 4.74 Å². The first-order valence-electron chi connectivity index (χ1n) is 8.72. The minimum atomic E-state index is -0.299. The fourth-order valence-corrected chi connectivity index (χ4v) is 2.73. The van der Waals surface area contributed by atoms with E-state index >= 15 is 0 Å². The van der Waals surface area contributed by atoms with Crippen molar-refractivity contribution in [2.45, 2.75) is 19.8 Å². The molecule has 3 aromatic rings. The van der Waals surface area contributed by atoms with Crippen LogP contribution in [-0.4, -0.2) is 23.2 Å². The van der Waals surface area contributed by atoms with Crippen LogP contribution in [0.1, 0.15) is 35.7 Å². The number of ether oxygens (including phenoxy) is 1. The van der Waals surface area contributed by atoms with E-state index in [1.807, 2.05) is 24.3 Å². The van der Waals surface area contributed by atoms with Crippen LogP contribution in [0.4, 0.5) is 17.3 Å². The zero-order valence-corrected chi connectivity index (χ0v) is 15.6. The number of rotatable bonds is 6. The van der Waals surface area contributed by atoms with Crippen molar-refractivity contribution >= 4 is 23.2 Å². The van der Waals surface area contributed by atoms with Gasteiger partial charge in [0.2, 0.25) is 0 Å². The number of hydrogen-bond acceptors (Lipinski definition) is 5. The molecule has 0 saturated heterocycles. The second kappa shape index (κ2) is 8.31. The van der Waals surface area contributed by atoms with Gasteiger partial charge in [0.25, 0.3) is 5.91 Å². The smallest absolute Gasteiger partial charge is 0.260 e. The molecule has 2 aromatic carbocycles. The van der Waals surface area contributed by atoms with Crippen molar-refractivity contribution in [3.63, 3.8) is 0 Å². The Bertz CT molecular complexity index is 923. The summed E-state index contributed by atoms with van der Waals surface area (Å²) in [7, 11) is 1.53. The van der Waals surface area contributed by atoms with E-state index in [2.05, 4.69) is 40.7 Å². The fraction of sp³-hybridized carbons (Fsp3) is 0.190. The van der Waals surface area contributed by atoms with Gasteiger partial charge in [0.1, 0.15) is 5.75 Å². The number of aromatic nitrogens is 2. The zero-order valence-electron chi connectivity index (χ0n) is 15.6. The molecule has 0 atom stereocenters. The van der Waals surface area contributed by atoms with Crippen molar-refractivity contribution < 1.29 is 9.53 Å². The number of benzene rings is 2. The number of carbonyl (C=O) groups is 1. The Morgan fingerprint density at radius 2 is 1.59 bits per heavy atom. The third kappa shape index (κ3) is 4.41. The summed E-state index contributed by atoms with van der Waals surface area (Å²) in [6.07, 6.45) is 0. The fourth-order valence-electron chi connectivity index (χ4n) is 2.73. The van der Waals surface area contributed by atoms with Crippen LogP contribution in [-0.2, 0) is 0 Å². The van der Waals surface area contributed by atoms with Crippen molar-refractivity contribution in [3.05, 3.63) is 71.8 Å². The monoisotopic (exact) mass is 362 g/mol. The molecule has 1 heterocycles. The van der Waals surface area contributed by atoms with Crippen molar-refractivity contribution in [3.8, 4) is 5.75 Å². The number of amides is 1. The van der Waals surface area contributed by atoms with E-state index in [-0.39, 0.29) is 5.91 Å². The van der Waals surface area contributed by atoms with Gasteiger partial charge in [-0.1, -0.05) is 44.2 Å². The summed E-state index contributed by atoms with van der Waals surface area (Å²) < 4.78 is 5.21. The topological polar surface area (TPSA) is 76.1 Å². The molecule has 0 aliphatic carbocycles. The Balaban J connectivity index is 1.72. The van der Waals surface area contributed by atoms with Gasteiger partial charge in [-0.25, -0.2) is 0 Å². The predicted molar refractivity (Wildman–Crippen MR) is 107 cm³/mol. The molecule has 0 bridgehead atoms. The van der Waals surface area contributed by atoms with Crippen LogP contribution in [0.3, 0.4) is 0 Å². The molecule has 0 unspecified atom stereocenters. The highest BCUT2D eigenvalue weighted by Crippen LogP contribution is 2.26. The first-order valence-corrected chi connectivity index (χ1v) is 8.72. The van der Waals surface area contributed by atoms with Gasteiger partial charge in [-0.05, 0) is 41.8 Å². The number of nitrogens with zero attached hydrogens (tertiary/aromatic N) is 2. The Morgan fingerprint density at radius 1 is 0.926 bits per heavy atom. The molecule has 0 fully saturated rings. The van der Waals surface area contributed by atoms with Gasteiger partial charge >= 0.3 is 0 Å². The highest BCUT2D eigenvalue weighted by Gasteiger charge is 2.13. The van der Waals surface area contributed by atoms with Gasteiger partial charge in [0.05, 0.1) is 12.7 Å². The largest absolute Gasteiger partial charge is 0.496 e. The second-order valence-electron chi connectivity index (χ2n) is 6.33. The lowest BCUT2D eigenvalue weighted by Crippen LogP contribution is -2.14. The van der Waals surface area contributed by atoms with Crippen molar-refractivity contribution in [2.24, 2.45) is 0 Å². The van der Waals surface area contributed by atoms with E-state index in [9.17, 15) is 4.79 Å². The molecule has 6 heteroatoms. The summed E-state index contributed by atoms with van der Waals surface area (Å²) in [5, 5.41) is 14.3. The summed E-state index contributed by atoms with van der Waals surface area (Å²) >= 11 is 0. The molecule has 6 nitrogen and oxygen atoms in total. The first kappa shape index (κ1) is 18.4. The number of carbonyl (C=O) groups excluding carboxylic acids is 1. The van der Waals surface area contributed by atoms with Gasteiger partial charge in [-0.3, -0.25) is 4.79 Å². The standard InChI is InChI=1S/C21H22N4O2/c1-14(2)15-8-4-6-10-17(15)22-19-12-13-20(25-24-19)23-21(26)16-9-5-7-11-18(16)27-3/h4-14H,1-3H3,(H,22,24)(H,23,25,26). The van der Waals surface area contributed by atoms with Gasteiger partial charge in [-0.15, -0.1) is 10.2 Å². The summed E-state index contributed by atoms with van der Waals surface area (Å²) in [6, 6.07) is 18.6. The Labute approximate surface area is 158 Å². The summed E-state index contributed by atoms with van der Waals surface area (Å²) in [4.78, 5) is 12.4. The molecular weight excluding hydrogens is 340 g/mol. The average Bonchev–Trinajstić information content (AvgIpc) is 2.69. The highest BCUT2D eigenvalue weighted by atomic mass is 16.5. The minimum absolute atomic E-state index is 0.299. The SMILES string of the molecule is COc1ccccc1C(=O)Nc1ccc(Nc2ccccc2C(C)C)nn1. The lowest BCUT2D eigenvalue weighted by molar-refractivity contribution is 0.102. The van der Waals surface area contributed by atoms with Gasteiger partial charge in [-0.2, -0.15) is 0 Å². The van der Waals surface area contributed by atoms with Gasteiger partial charge in [0.15, 0.2) is 11.6 Å². The summed E-state index contributed by atoms with van der Waals surface area (Å²) in [5.74, 6) is 1.58. The van der Waals surface area contributed by atoms with Crippen LogP contribution < -0.4 is 15.4 Å². The average molecular weight is 362 g/mol. The normalized spacial score (nSPS) is 10.5. The molecule has 1 amide bonds. The number of anilines is 3. The summed E-state index contributed by atoms with van der Waals surface area (Å²) in [6.45, 7) is 4.28. The second-order valence-corrected chi connectivity index (χ2v) is 6.33. The molecule has 2 N–H and O–H groups in total. The maximum absolute atomic E-state index is 12.4. The van der Waals surface area contributed by atoms with E-state index in [1.54, 1.807) is 30.3 Å². The number of methoxy groups -OCH3 is 1. The van der Waals surface area contributed by atoms with Gasteiger partial charge < -0.3 is 15.4 Å². The van der Waals surface area contributed by atoms with E-state index in [1.165, 1.54) is 12.7 Å². The predicted octanol–water partition coefficient (Wildman–Crippen LogP) is 4.60. The Morgan fingerprint density at radius 3 is 2.30 bits per heavy atom. The molecule has 0 radical (unpaired) electrons. The Hall–Kier alpha value is -3.41. The maximum Gasteiger partial charge on any atom is 0.260 e. The quantitative estimate of drug-likeness (QED) is 0.670. The molecule has 1 aromatic heterocycles. The van der Waals surface area contributed by atoms with Crippen LogP contribution in [0.25, 0.3) is 0 Å². The molecule has 0 saturated carbocycles. The third-order valence-electron chi connectivity index (χ3n) is 4.10. The lowest BCUT2D eigenvalue weighted by atomic mass is 10.0. The molecule has 0 aliphatic rings. The molecule has 27 heavy (non-hydrogen) atoms. The Kier molecular flexibility index (Phi) is 5.66. The van der Waals surface area contributed by atoms with E-state index < -0.39 is 0 Å². The molecule has 0 aliphatic heterocycles. The minimum Gasteiger partial charge on any atom is -0.496 e. The highest BCUT2D eigenvalue weighted by molar-refractivity contribution is 6.05. The van der Waals surface area contributed by atoms with Crippen LogP contribution in [0.2, 0.25) is 0 Å². The van der Waals surface area contributed by atoms with E-state index in [0.717, 1.165) is 5.69 Å². The van der Waals surface area contributed by atoms with Crippen LogP contribution >= 0.6 is 0 Å². The van der Waals surface area contributed by atoms with Gasteiger partial charge in [0, 0.05) is 5.69 Å². The van der Waals surface area contributed by atoms with Crippen LogP contribution in [0.15, 0.2) is 60.7 Å². The number of para-hydroxylation sites is 2. The van der Waals surface area contributed by atoms with Crippen molar-refractivity contribution in [2.75, 3.05) is 17.7 Å². The molecule has 138 valence electrons.